The van der Waals surface area contributed by atoms with E-state index in [0.717, 1.165) is 0 Å². The third-order valence-electron chi connectivity index (χ3n) is 1.16. The summed E-state index contributed by atoms with van der Waals surface area (Å²) in [6.07, 6.45) is 0.655. The van der Waals surface area contributed by atoms with Gasteiger partial charge in [0.2, 0.25) is 0 Å². The lowest BCUT2D eigenvalue weighted by Crippen LogP contribution is -2.12. The van der Waals surface area contributed by atoms with E-state index in [4.69, 9.17) is 5.26 Å². The van der Waals surface area contributed by atoms with Crippen LogP contribution in [0.15, 0.2) is 6.33 Å². The van der Waals surface area contributed by atoms with Crippen LogP contribution in [0.4, 0.5) is 10.6 Å². The molecule has 6 heteroatoms. The Kier molecular flexibility index (Phi) is 2.28. The number of nitriles is 1. The molecule has 1 rings (SSSR count). The zero-order valence-electron chi connectivity index (χ0n) is 6.29. The number of aromatic amines is 1. The molecule has 0 spiro atoms. The fraction of sp³-hybridized carbons (Fsp3) is 0.167. The fourth-order valence-electron chi connectivity index (χ4n) is 0.622. The Morgan fingerprint density at radius 1 is 1.92 bits per heavy atom. The maximum absolute atomic E-state index is 10.7. The van der Waals surface area contributed by atoms with Crippen LogP contribution in [-0.4, -0.2) is 23.2 Å². The monoisotopic (exact) mass is 166 g/mol. The lowest BCUT2D eigenvalue weighted by atomic mass is 10.5. The van der Waals surface area contributed by atoms with E-state index in [1.54, 1.807) is 0 Å². The van der Waals surface area contributed by atoms with E-state index in [-0.39, 0.29) is 11.5 Å². The van der Waals surface area contributed by atoms with Gasteiger partial charge in [-0.1, -0.05) is 0 Å². The number of amides is 1. The van der Waals surface area contributed by atoms with Gasteiger partial charge in [-0.25, -0.2) is 9.78 Å². The Labute approximate surface area is 68.2 Å². The van der Waals surface area contributed by atoms with Crippen molar-refractivity contribution < 1.29 is 9.53 Å². The number of nitrogens with zero attached hydrogens (tertiary/aromatic N) is 2. The standard InChI is InChI=1S/C6H6N4O2/c1-12-6(11)10-5-4(2-7)8-3-9-5/h3H,1H3,(H,8,9)(H,10,11). The first kappa shape index (κ1) is 8.07. The molecule has 0 saturated carbocycles. The predicted molar refractivity (Wildman–Crippen MR) is 39.3 cm³/mol. The Hall–Kier alpha value is -2.03. The van der Waals surface area contributed by atoms with E-state index in [9.17, 15) is 4.79 Å². The number of imidazole rings is 1. The number of ether oxygens (including phenoxy) is 1. The second kappa shape index (κ2) is 3.39. The maximum Gasteiger partial charge on any atom is 0.412 e. The van der Waals surface area contributed by atoms with Crippen LogP contribution in [0, 0.1) is 11.3 Å². The van der Waals surface area contributed by atoms with Crippen LogP contribution in [-0.2, 0) is 4.74 Å². The van der Waals surface area contributed by atoms with Crippen LogP contribution in [0.2, 0.25) is 0 Å². The van der Waals surface area contributed by atoms with Crippen molar-refractivity contribution in [2.45, 2.75) is 0 Å². The van der Waals surface area contributed by atoms with Crippen LogP contribution in [0.3, 0.4) is 0 Å². The van der Waals surface area contributed by atoms with Gasteiger partial charge in [0.25, 0.3) is 0 Å². The molecule has 0 saturated heterocycles. The van der Waals surface area contributed by atoms with Crippen molar-refractivity contribution in [3.63, 3.8) is 0 Å². The molecule has 62 valence electrons. The average Bonchev–Trinajstić information content (AvgIpc) is 2.51. The number of methoxy groups -OCH3 is 1. The first-order chi connectivity index (χ1) is 5.77. The van der Waals surface area contributed by atoms with Gasteiger partial charge in [0.05, 0.1) is 13.4 Å². The Balaban J connectivity index is 2.76. The zero-order valence-corrected chi connectivity index (χ0v) is 6.29. The van der Waals surface area contributed by atoms with E-state index in [1.165, 1.54) is 13.4 Å². The summed E-state index contributed by atoms with van der Waals surface area (Å²) in [6.45, 7) is 0. The van der Waals surface area contributed by atoms with Crippen molar-refractivity contribution in [3.8, 4) is 6.07 Å². The first-order valence-electron chi connectivity index (χ1n) is 3.06. The Morgan fingerprint density at radius 2 is 2.67 bits per heavy atom. The molecule has 1 aromatic rings. The van der Waals surface area contributed by atoms with Crippen LogP contribution >= 0.6 is 0 Å². The number of H-pyrrole nitrogens is 1. The van der Waals surface area contributed by atoms with Gasteiger partial charge in [0.15, 0.2) is 11.5 Å². The summed E-state index contributed by atoms with van der Waals surface area (Å²) in [5.41, 5.74) is 0.195. The molecule has 0 aliphatic carbocycles. The molecule has 6 nitrogen and oxygen atoms in total. The molecule has 0 bridgehead atoms. The topological polar surface area (TPSA) is 90.8 Å². The highest BCUT2D eigenvalue weighted by atomic mass is 16.5. The van der Waals surface area contributed by atoms with Crippen LogP contribution in [0.5, 0.6) is 0 Å². The quantitative estimate of drug-likeness (QED) is 0.634. The van der Waals surface area contributed by atoms with Crippen LogP contribution in [0.25, 0.3) is 0 Å². The summed E-state index contributed by atoms with van der Waals surface area (Å²) in [6, 6.07) is 1.82. The molecule has 1 amide bonds. The number of hydrogen-bond donors (Lipinski definition) is 2. The molecule has 0 fully saturated rings. The summed E-state index contributed by atoms with van der Waals surface area (Å²) >= 11 is 0. The number of carbonyl (C=O) groups excluding carboxylic acids is 1. The molecule has 0 radical (unpaired) electrons. The van der Waals surface area contributed by atoms with E-state index >= 15 is 0 Å². The number of hydrogen-bond acceptors (Lipinski definition) is 4. The average molecular weight is 166 g/mol. The second-order valence-electron chi connectivity index (χ2n) is 1.85. The van der Waals surface area contributed by atoms with E-state index in [0.29, 0.717) is 0 Å². The highest BCUT2D eigenvalue weighted by Crippen LogP contribution is 2.06. The Morgan fingerprint density at radius 3 is 3.25 bits per heavy atom. The molecule has 0 aliphatic rings. The smallest absolute Gasteiger partial charge is 0.412 e. The fourth-order valence-corrected chi connectivity index (χ4v) is 0.622. The minimum Gasteiger partial charge on any atom is -0.453 e. The summed E-state index contributed by atoms with van der Waals surface area (Å²) in [5.74, 6) is 0.171. The van der Waals surface area contributed by atoms with Crippen molar-refractivity contribution in [1.82, 2.24) is 9.97 Å². The normalized spacial score (nSPS) is 8.67. The minimum atomic E-state index is -0.654. The van der Waals surface area contributed by atoms with Gasteiger partial charge < -0.3 is 9.72 Å². The molecule has 0 aliphatic heterocycles. The number of nitrogens with one attached hydrogen (secondary N) is 2. The Bertz CT molecular complexity index is 325. The number of anilines is 1. The summed E-state index contributed by atoms with van der Waals surface area (Å²) in [4.78, 5) is 16.9. The summed E-state index contributed by atoms with van der Waals surface area (Å²) < 4.78 is 4.31. The summed E-state index contributed by atoms with van der Waals surface area (Å²) in [7, 11) is 1.23. The summed E-state index contributed by atoms with van der Waals surface area (Å²) in [5, 5.41) is 10.7. The highest BCUT2D eigenvalue weighted by molar-refractivity contribution is 5.84. The molecule has 1 aromatic heterocycles. The van der Waals surface area contributed by atoms with Crippen molar-refractivity contribution in [3.05, 3.63) is 12.0 Å². The molecular weight excluding hydrogens is 160 g/mol. The van der Waals surface area contributed by atoms with E-state index in [1.807, 2.05) is 6.07 Å². The SMILES string of the molecule is COC(=O)Nc1nc[nH]c1C#N. The molecule has 12 heavy (non-hydrogen) atoms. The van der Waals surface area contributed by atoms with Gasteiger partial charge in [-0.3, -0.25) is 5.32 Å². The third kappa shape index (κ3) is 1.52. The zero-order chi connectivity index (χ0) is 8.97. The molecule has 0 atom stereocenters. The first-order valence-corrected chi connectivity index (χ1v) is 3.06. The maximum atomic E-state index is 10.7. The predicted octanol–water partition coefficient (Wildman–Crippen LogP) is 0.460. The minimum absolute atomic E-state index is 0.171. The van der Waals surface area contributed by atoms with Gasteiger partial charge >= 0.3 is 6.09 Å². The van der Waals surface area contributed by atoms with Crippen LogP contribution in [0.1, 0.15) is 5.69 Å². The van der Waals surface area contributed by atoms with Gasteiger partial charge in [-0.2, -0.15) is 5.26 Å². The lowest BCUT2D eigenvalue weighted by molar-refractivity contribution is 0.187. The van der Waals surface area contributed by atoms with E-state index < -0.39 is 6.09 Å². The third-order valence-corrected chi connectivity index (χ3v) is 1.16. The van der Waals surface area contributed by atoms with Gasteiger partial charge in [0.1, 0.15) is 6.07 Å². The molecular formula is C6H6N4O2. The van der Waals surface area contributed by atoms with Crippen molar-refractivity contribution >= 4 is 11.9 Å². The molecule has 1 heterocycles. The lowest BCUT2D eigenvalue weighted by Gasteiger charge is -1.98. The largest absolute Gasteiger partial charge is 0.453 e. The van der Waals surface area contributed by atoms with Gasteiger partial charge in [-0.15, -0.1) is 0 Å². The van der Waals surface area contributed by atoms with Crippen molar-refractivity contribution in [2.24, 2.45) is 0 Å². The second-order valence-corrected chi connectivity index (χ2v) is 1.85. The number of aromatic nitrogens is 2. The van der Waals surface area contributed by atoms with Gasteiger partial charge in [-0.05, 0) is 0 Å². The number of rotatable bonds is 1. The highest BCUT2D eigenvalue weighted by Gasteiger charge is 2.07. The number of carbonyl (C=O) groups is 1. The van der Waals surface area contributed by atoms with Crippen LogP contribution < -0.4 is 5.32 Å². The van der Waals surface area contributed by atoms with Crippen molar-refractivity contribution in [1.29, 1.82) is 5.26 Å². The van der Waals surface area contributed by atoms with E-state index in [2.05, 4.69) is 20.0 Å². The van der Waals surface area contributed by atoms with Crippen molar-refractivity contribution in [2.75, 3.05) is 12.4 Å². The molecule has 0 unspecified atom stereocenters. The van der Waals surface area contributed by atoms with Gasteiger partial charge in [0, 0.05) is 0 Å². The molecule has 2 N–H and O–H groups in total. The molecule has 0 aromatic carbocycles.